The quantitative estimate of drug-likeness (QED) is 0.890. The molecule has 1 N–H and O–H groups in total. The molecule has 1 aromatic rings. The second-order valence-electron chi connectivity index (χ2n) is 7.33. The first-order valence-electron chi connectivity index (χ1n) is 6.71. The van der Waals surface area contributed by atoms with Gasteiger partial charge in [0.2, 0.25) is 0 Å². The highest BCUT2D eigenvalue weighted by Gasteiger charge is 2.19. The van der Waals surface area contributed by atoms with Gasteiger partial charge in [0.25, 0.3) is 0 Å². The van der Waals surface area contributed by atoms with E-state index in [2.05, 4.69) is 51.9 Å². The summed E-state index contributed by atoms with van der Waals surface area (Å²) in [7, 11) is 0. The van der Waals surface area contributed by atoms with Crippen molar-refractivity contribution in [2.75, 3.05) is 0 Å². The van der Waals surface area contributed by atoms with Crippen LogP contribution in [0.25, 0.3) is 0 Å². The molecular weight excluding hydrogens is 242 g/mol. The van der Waals surface area contributed by atoms with Crippen LogP contribution in [-0.2, 0) is 11.8 Å². The van der Waals surface area contributed by atoms with Crippen molar-refractivity contribution >= 4 is 11.3 Å². The molecule has 1 heterocycles. The molecule has 0 spiro atoms. The van der Waals surface area contributed by atoms with Gasteiger partial charge in [0.15, 0.2) is 0 Å². The SMILES string of the molecule is CC(C)(C)CCC(O)Cc1nc(C(C)(C)C)cs1. The Kier molecular flexibility index (Phi) is 4.96. The van der Waals surface area contributed by atoms with Gasteiger partial charge in [0.05, 0.1) is 16.8 Å². The zero-order valence-electron chi connectivity index (χ0n) is 12.6. The van der Waals surface area contributed by atoms with Crippen molar-refractivity contribution in [3.05, 3.63) is 16.1 Å². The zero-order chi connectivity index (χ0) is 14.0. The summed E-state index contributed by atoms with van der Waals surface area (Å²) < 4.78 is 0. The Morgan fingerprint density at radius 3 is 2.28 bits per heavy atom. The van der Waals surface area contributed by atoms with Crippen molar-refractivity contribution in [3.8, 4) is 0 Å². The van der Waals surface area contributed by atoms with Crippen LogP contribution in [0.3, 0.4) is 0 Å². The molecule has 0 aliphatic rings. The minimum absolute atomic E-state index is 0.102. The van der Waals surface area contributed by atoms with Gasteiger partial charge >= 0.3 is 0 Å². The molecule has 0 aliphatic heterocycles. The lowest BCUT2D eigenvalue weighted by Crippen LogP contribution is -2.16. The van der Waals surface area contributed by atoms with Crippen molar-refractivity contribution in [2.24, 2.45) is 5.41 Å². The lowest BCUT2D eigenvalue weighted by Gasteiger charge is -2.19. The first-order valence-corrected chi connectivity index (χ1v) is 7.59. The maximum atomic E-state index is 10.0. The molecule has 1 atom stereocenters. The summed E-state index contributed by atoms with van der Waals surface area (Å²) in [6, 6.07) is 0. The molecule has 0 aromatic carbocycles. The minimum Gasteiger partial charge on any atom is -0.393 e. The van der Waals surface area contributed by atoms with Crippen LogP contribution in [0.2, 0.25) is 0 Å². The lowest BCUT2D eigenvalue weighted by molar-refractivity contribution is 0.145. The maximum absolute atomic E-state index is 10.0. The van der Waals surface area contributed by atoms with E-state index in [4.69, 9.17) is 0 Å². The molecule has 0 fully saturated rings. The smallest absolute Gasteiger partial charge is 0.0954 e. The number of aliphatic hydroxyl groups is 1. The third-order valence-corrected chi connectivity index (χ3v) is 3.83. The summed E-state index contributed by atoms with van der Waals surface area (Å²) >= 11 is 1.67. The van der Waals surface area contributed by atoms with Gasteiger partial charge in [-0.3, -0.25) is 0 Å². The summed E-state index contributed by atoms with van der Waals surface area (Å²) in [6.45, 7) is 13.1. The Morgan fingerprint density at radius 1 is 1.22 bits per heavy atom. The van der Waals surface area contributed by atoms with Gasteiger partial charge in [-0.1, -0.05) is 41.5 Å². The number of nitrogens with zero attached hydrogens (tertiary/aromatic N) is 1. The molecule has 104 valence electrons. The van der Waals surface area contributed by atoms with E-state index in [-0.39, 0.29) is 11.5 Å². The summed E-state index contributed by atoms with van der Waals surface area (Å²) in [5.74, 6) is 0. The molecular formula is C15H27NOS. The van der Waals surface area contributed by atoms with Gasteiger partial charge < -0.3 is 5.11 Å². The highest BCUT2D eigenvalue weighted by atomic mass is 32.1. The molecule has 0 aliphatic carbocycles. The van der Waals surface area contributed by atoms with Crippen LogP contribution in [-0.4, -0.2) is 16.2 Å². The Morgan fingerprint density at radius 2 is 1.83 bits per heavy atom. The molecule has 2 nitrogen and oxygen atoms in total. The second-order valence-corrected chi connectivity index (χ2v) is 8.28. The Bertz CT molecular complexity index is 371. The molecule has 18 heavy (non-hydrogen) atoms. The molecule has 0 radical (unpaired) electrons. The molecule has 3 heteroatoms. The van der Waals surface area contributed by atoms with Crippen LogP contribution >= 0.6 is 11.3 Å². The Labute approximate surface area is 115 Å². The van der Waals surface area contributed by atoms with Gasteiger partial charge in [-0.25, -0.2) is 4.98 Å². The third-order valence-electron chi connectivity index (χ3n) is 2.96. The van der Waals surface area contributed by atoms with E-state index in [1.165, 1.54) is 0 Å². The molecule has 0 amide bonds. The Hall–Kier alpha value is -0.410. The number of rotatable bonds is 4. The van der Waals surface area contributed by atoms with Gasteiger partial charge in [-0.2, -0.15) is 0 Å². The van der Waals surface area contributed by atoms with Crippen molar-refractivity contribution in [1.82, 2.24) is 4.98 Å². The fraction of sp³-hybridized carbons (Fsp3) is 0.800. The molecule has 0 saturated carbocycles. The molecule has 0 bridgehead atoms. The average molecular weight is 269 g/mol. The van der Waals surface area contributed by atoms with E-state index >= 15 is 0 Å². The average Bonchev–Trinajstić information content (AvgIpc) is 2.61. The number of hydrogen-bond donors (Lipinski definition) is 1. The highest BCUT2D eigenvalue weighted by molar-refractivity contribution is 7.09. The first kappa shape index (κ1) is 15.6. The van der Waals surface area contributed by atoms with Crippen LogP contribution in [0.4, 0.5) is 0 Å². The Balaban J connectivity index is 2.50. The highest BCUT2D eigenvalue weighted by Crippen LogP contribution is 2.26. The predicted octanol–water partition coefficient (Wildman–Crippen LogP) is 4.17. The monoisotopic (exact) mass is 269 g/mol. The van der Waals surface area contributed by atoms with Crippen LogP contribution in [0.5, 0.6) is 0 Å². The van der Waals surface area contributed by atoms with Crippen molar-refractivity contribution < 1.29 is 5.11 Å². The van der Waals surface area contributed by atoms with E-state index in [9.17, 15) is 5.11 Å². The van der Waals surface area contributed by atoms with E-state index in [0.29, 0.717) is 11.8 Å². The van der Waals surface area contributed by atoms with Gasteiger partial charge in [-0.15, -0.1) is 11.3 Å². The zero-order valence-corrected chi connectivity index (χ0v) is 13.4. The van der Waals surface area contributed by atoms with E-state index in [1.807, 2.05) is 0 Å². The number of thiazole rings is 1. The lowest BCUT2D eigenvalue weighted by atomic mass is 9.89. The molecule has 0 saturated heterocycles. The van der Waals surface area contributed by atoms with Crippen molar-refractivity contribution in [2.45, 2.75) is 72.3 Å². The number of hydrogen-bond acceptors (Lipinski definition) is 3. The van der Waals surface area contributed by atoms with Crippen molar-refractivity contribution in [3.63, 3.8) is 0 Å². The van der Waals surface area contributed by atoms with Crippen molar-refractivity contribution in [1.29, 1.82) is 0 Å². The largest absolute Gasteiger partial charge is 0.393 e. The first-order chi connectivity index (χ1) is 8.08. The van der Waals surface area contributed by atoms with E-state index < -0.39 is 0 Å². The number of aliphatic hydroxyl groups excluding tert-OH is 1. The topological polar surface area (TPSA) is 33.1 Å². The summed E-state index contributed by atoms with van der Waals surface area (Å²) in [4.78, 5) is 4.62. The summed E-state index contributed by atoms with van der Waals surface area (Å²) in [5, 5.41) is 13.2. The summed E-state index contributed by atoms with van der Waals surface area (Å²) in [6.07, 6.45) is 2.33. The second kappa shape index (κ2) is 5.70. The maximum Gasteiger partial charge on any atom is 0.0954 e. The normalized spacial score (nSPS) is 14.8. The molecule has 1 unspecified atom stereocenters. The number of aromatic nitrogens is 1. The fourth-order valence-corrected chi connectivity index (χ4v) is 2.75. The summed E-state index contributed by atoms with van der Waals surface area (Å²) in [5.41, 5.74) is 1.52. The standard InChI is InChI=1S/C15H27NOS/c1-14(2,3)8-7-11(17)9-13-16-12(10-18-13)15(4,5)6/h10-11,17H,7-9H2,1-6H3. The minimum atomic E-state index is -0.261. The van der Waals surface area contributed by atoms with Gasteiger partial charge in [0.1, 0.15) is 0 Å². The third kappa shape index (κ3) is 5.49. The molecule has 1 aromatic heterocycles. The van der Waals surface area contributed by atoms with Crippen LogP contribution in [0.1, 0.15) is 65.1 Å². The van der Waals surface area contributed by atoms with Crippen LogP contribution in [0, 0.1) is 5.41 Å². The molecule has 1 rings (SSSR count). The van der Waals surface area contributed by atoms with Gasteiger partial charge in [-0.05, 0) is 18.3 Å². The van der Waals surface area contributed by atoms with E-state index in [0.717, 1.165) is 23.5 Å². The van der Waals surface area contributed by atoms with Gasteiger partial charge in [0, 0.05) is 17.2 Å². The van der Waals surface area contributed by atoms with Crippen LogP contribution < -0.4 is 0 Å². The fourth-order valence-electron chi connectivity index (χ4n) is 1.65. The predicted molar refractivity (Wildman–Crippen MR) is 79.2 cm³/mol. The van der Waals surface area contributed by atoms with Crippen LogP contribution in [0.15, 0.2) is 5.38 Å². The van der Waals surface area contributed by atoms with E-state index in [1.54, 1.807) is 11.3 Å².